The summed E-state index contributed by atoms with van der Waals surface area (Å²) < 4.78 is 84.4. The van der Waals surface area contributed by atoms with Gasteiger partial charge in [-0.05, 0) is 37.1 Å². The highest BCUT2D eigenvalue weighted by atomic mass is 35.5. The molecule has 17 heteroatoms. The van der Waals surface area contributed by atoms with Crippen molar-refractivity contribution >= 4 is 60.7 Å². The average molecular weight is 760 g/mol. The fraction of sp³-hybridized carbons (Fsp3) is 0.429. The Hall–Kier alpha value is -4.46. The first kappa shape index (κ1) is 34.6. The van der Waals surface area contributed by atoms with Crippen molar-refractivity contribution in [3.8, 4) is 29.0 Å². The molecule has 0 unspecified atom stereocenters. The fourth-order valence-corrected chi connectivity index (χ4v) is 9.32. The van der Waals surface area contributed by atoms with Gasteiger partial charge in [0.2, 0.25) is 5.91 Å². The number of rotatable bonds is 8. The maximum absolute atomic E-state index is 17.2. The third-order valence-electron chi connectivity index (χ3n) is 10.4. The molecule has 0 saturated carbocycles. The van der Waals surface area contributed by atoms with Crippen molar-refractivity contribution in [2.75, 3.05) is 63.1 Å². The van der Waals surface area contributed by atoms with Gasteiger partial charge in [0.05, 0.1) is 32.8 Å². The molecule has 1 amide bonds. The lowest BCUT2D eigenvalue weighted by molar-refractivity contribution is -0.131. The zero-order valence-electron chi connectivity index (χ0n) is 27.5. The number of thiophene rings is 1. The van der Waals surface area contributed by atoms with E-state index in [0.717, 1.165) is 42.9 Å². The van der Waals surface area contributed by atoms with Crippen LogP contribution in [0.3, 0.4) is 0 Å². The molecule has 272 valence electrons. The van der Waals surface area contributed by atoms with Gasteiger partial charge in [-0.3, -0.25) is 9.69 Å². The highest BCUT2D eigenvalue weighted by Crippen LogP contribution is 2.51. The largest absolute Gasteiger partial charge is 0.489 e. The van der Waals surface area contributed by atoms with Crippen LogP contribution in [0.5, 0.6) is 11.8 Å². The maximum Gasteiger partial charge on any atom is 0.319 e. The van der Waals surface area contributed by atoms with E-state index in [4.69, 9.17) is 31.8 Å². The van der Waals surface area contributed by atoms with Crippen molar-refractivity contribution in [3.63, 3.8) is 0 Å². The highest BCUT2D eigenvalue weighted by Gasteiger charge is 2.49. The summed E-state index contributed by atoms with van der Waals surface area (Å²) in [7, 11) is 0. The molecule has 4 aliphatic rings. The minimum atomic E-state index is -2.74. The van der Waals surface area contributed by atoms with Crippen LogP contribution in [0.4, 0.5) is 32.8 Å². The van der Waals surface area contributed by atoms with E-state index >= 15 is 4.39 Å². The lowest BCUT2D eigenvalue weighted by Gasteiger charge is -2.41. The van der Waals surface area contributed by atoms with Gasteiger partial charge in [-0.1, -0.05) is 17.7 Å². The molecule has 8 rings (SSSR count). The van der Waals surface area contributed by atoms with E-state index in [1.54, 1.807) is 0 Å². The number of alkyl halides is 3. The van der Waals surface area contributed by atoms with Gasteiger partial charge in [0.15, 0.2) is 11.6 Å². The zero-order chi connectivity index (χ0) is 36.5. The molecule has 3 fully saturated rings. The number of allylic oxidation sites excluding steroid dienone is 1. The number of carbonyl (C=O) groups excluding carboxylic acids is 1. The van der Waals surface area contributed by atoms with E-state index in [2.05, 4.69) is 9.88 Å². The molecule has 2 N–H and O–H groups in total. The van der Waals surface area contributed by atoms with E-state index in [1.807, 2.05) is 11.0 Å². The summed E-state index contributed by atoms with van der Waals surface area (Å²) in [4.78, 5) is 27.0. The van der Waals surface area contributed by atoms with Crippen molar-refractivity contribution in [3.05, 3.63) is 46.5 Å². The second-order valence-corrected chi connectivity index (χ2v) is 15.0. The summed E-state index contributed by atoms with van der Waals surface area (Å²) in [6.07, 6.45) is -0.442. The van der Waals surface area contributed by atoms with Crippen LogP contribution in [0.15, 0.2) is 24.3 Å². The topological polar surface area (TPSA) is 121 Å². The number of hydrogen-bond donors (Lipinski definition) is 1. The summed E-state index contributed by atoms with van der Waals surface area (Å²) in [6, 6.07) is 4.33. The second-order valence-electron chi connectivity index (χ2n) is 13.6. The van der Waals surface area contributed by atoms with Crippen LogP contribution >= 0.6 is 22.9 Å². The predicted molar refractivity (Wildman–Crippen MR) is 186 cm³/mol. The zero-order valence-corrected chi connectivity index (χ0v) is 29.1. The third-order valence-corrected chi connectivity index (χ3v) is 11.8. The van der Waals surface area contributed by atoms with Gasteiger partial charge in [0.1, 0.15) is 47.6 Å². The van der Waals surface area contributed by atoms with Crippen molar-refractivity contribution in [2.24, 2.45) is 5.92 Å². The molecule has 2 atom stereocenters. The Morgan fingerprint density at radius 1 is 1.23 bits per heavy atom. The number of carbonyl (C=O) groups is 1. The van der Waals surface area contributed by atoms with Gasteiger partial charge < -0.3 is 25.0 Å². The lowest BCUT2D eigenvalue weighted by atomic mass is 9.95. The first-order chi connectivity index (χ1) is 25.0. The third kappa shape index (κ3) is 5.73. The molecule has 0 spiro atoms. The molecule has 2 aromatic heterocycles. The number of anilines is 2. The molecule has 4 aromatic rings. The fourth-order valence-electron chi connectivity index (χ4n) is 8.04. The minimum absolute atomic E-state index is 0.0174. The monoisotopic (exact) mass is 759 g/mol. The van der Waals surface area contributed by atoms with Crippen LogP contribution in [0.25, 0.3) is 32.1 Å². The van der Waals surface area contributed by atoms with Crippen molar-refractivity contribution in [1.82, 2.24) is 19.8 Å². The van der Waals surface area contributed by atoms with Crippen molar-refractivity contribution in [1.29, 1.82) is 5.26 Å². The minimum Gasteiger partial charge on any atom is -0.489 e. The highest BCUT2D eigenvalue weighted by molar-refractivity contribution is 7.23. The molecular weight excluding hydrogens is 729 g/mol. The van der Waals surface area contributed by atoms with Crippen LogP contribution < -0.4 is 20.1 Å². The number of benzene rings is 2. The number of aromatic nitrogens is 2. The SMILES string of the molecule is N#Cc1c(N)sc2c(F)ccc(-c3c(Cl)c4c5c(nc(OC[C@@]67CCCN6C[C@H](F)C7)nc5c3F)N(CC3CN(C(=O)/C=C/C(F)F)C3)CCO4)c12. The first-order valence-corrected chi connectivity index (χ1v) is 18.0. The van der Waals surface area contributed by atoms with Gasteiger partial charge in [-0.15, -0.1) is 11.3 Å². The molecule has 4 aliphatic heterocycles. The average Bonchev–Trinajstić information content (AvgIpc) is 3.69. The summed E-state index contributed by atoms with van der Waals surface area (Å²) in [5, 5.41) is 10.1. The number of nitriles is 1. The Labute approximate surface area is 303 Å². The lowest BCUT2D eigenvalue weighted by Crippen LogP contribution is -2.53. The van der Waals surface area contributed by atoms with Crippen molar-refractivity contribution < 1.29 is 36.2 Å². The van der Waals surface area contributed by atoms with Gasteiger partial charge in [-0.2, -0.15) is 15.2 Å². The number of ether oxygens (including phenoxy) is 2. The number of likely N-dealkylation sites (tertiary alicyclic amines) is 1. The Balaban J connectivity index is 1.23. The molecule has 2 aromatic carbocycles. The Morgan fingerprint density at radius 3 is 2.81 bits per heavy atom. The number of halogens is 6. The van der Waals surface area contributed by atoms with Gasteiger partial charge in [0, 0.05) is 55.5 Å². The Morgan fingerprint density at radius 2 is 2.04 bits per heavy atom. The predicted octanol–water partition coefficient (Wildman–Crippen LogP) is 6.33. The van der Waals surface area contributed by atoms with Crippen LogP contribution in [0.2, 0.25) is 5.02 Å². The molecule has 0 radical (unpaired) electrons. The number of amides is 1. The number of nitrogens with zero attached hydrogens (tertiary/aromatic N) is 6. The summed E-state index contributed by atoms with van der Waals surface area (Å²) in [5.74, 6) is -1.78. The number of nitrogen functional groups attached to an aromatic ring is 1. The number of fused-ring (bicyclic) bond motifs is 2. The van der Waals surface area contributed by atoms with Crippen LogP contribution in [0.1, 0.15) is 24.8 Å². The molecule has 6 heterocycles. The molecule has 52 heavy (non-hydrogen) atoms. The molecule has 0 bridgehead atoms. The molecular formula is C35H31ClF5N7O3S. The summed E-state index contributed by atoms with van der Waals surface area (Å²) in [6.45, 7) is 2.42. The Kier molecular flexibility index (Phi) is 8.78. The van der Waals surface area contributed by atoms with Crippen molar-refractivity contribution in [2.45, 2.75) is 37.4 Å². The van der Waals surface area contributed by atoms with Gasteiger partial charge in [-0.25, -0.2) is 22.0 Å². The van der Waals surface area contributed by atoms with E-state index < -0.39 is 35.7 Å². The molecule has 0 aliphatic carbocycles. The maximum atomic E-state index is 17.2. The van der Waals surface area contributed by atoms with Crippen LogP contribution in [-0.2, 0) is 4.79 Å². The summed E-state index contributed by atoms with van der Waals surface area (Å²) >= 11 is 7.85. The Bertz CT molecular complexity index is 2190. The normalized spacial score (nSPS) is 21.9. The molecule has 10 nitrogen and oxygen atoms in total. The van der Waals surface area contributed by atoms with Gasteiger partial charge >= 0.3 is 6.01 Å². The first-order valence-electron chi connectivity index (χ1n) is 16.8. The van der Waals surface area contributed by atoms with E-state index in [0.29, 0.717) is 38.7 Å². The standard InChI is InChI=1S/C35H31ClF5N7O3S/c36-27-25(19-2-3-21(38)31-24(19)20(11-42)32(43)52-31)28(41)29-26-30(27)50-9-8-46(12-17-13-47(14-17)23(49)5-4-22(39)40)33(26)45-34(44-29)51-16-35-6-1-7-48(35)15-18(37)10-35/h2-5,17-18,22H,1,6-10,12-16,43H2/b5-4+/t18-,35+/m1/s1. The van der Waals surface area contributed by atoms with E-state index in [9.17, 15) is 27.6 Å². The van der Waals surface area contributed by atoms with Crippen LogP contribution in [0, 0.1) is 28.9 Å². The number of hydrogen-bond acceptors (Lipinski definition) is 10. The number of nitrogens with two attached hydrogens (primary N) is 1. The van der Waals surface area contributed by atoms with Gasteiger partial charge in [0.25, 0.3) is 6.43 Å². The quantitative estimate of drug-likeness (QED) is 0.162. The van der Waals surface area contributed by atoms with E-state index in [-0.39, 0.29) is 91.0 Å². The van der Waals surface area contributed by atoms with Crippen LogP contribution in [-0.4, -0.2) is 96.3 Å². The summed E-state index contributed by atoms with van der Waals surface area (Å²) in [5.41, 5.74) is 5.27. The second kappa shape index (κ2) is 13.2. The van der Waals surface area contributed by atoms with E-state index in [1.165, 1.54) is 11.0 Å². The smallest absolute Gasteiger partial charge is 0.319 e. The molecule has 3 saturated heterocycles.